The van der Waals surface area contributed by atoms with E-state index in [1.54, 1.807) is 0 Å². The molecule has 0 aliphatic heterocycles. The summed E-state index contributed by atoms with van der Waals surface area (Å²) in [5.41, 5.74) is 4.94. The third-order valence-electron chi connectivity index (χ3n) is 9.24. The van der Waals surface area contributed by atoms with Crippen LogP contribution >= 0.6 is 0 Å². The van der Waals surface area contributed by atoms with Gasteiger partial charge in [-0.25, -0.2) is 9.97 Å². The van der Waals surface area contributed by atoms with Crippen LogP contribution in [0.2, 0.25) is 0 Å². The largest absolute Gasteiger partial charge is 2.00 e. The van der Waals surface area contributed by atoms with Crippen molar-refractivity contribution in [1.29, 1.82) is 0 Å². The van der Waals surface area contributed by atoms with Gasteiger partial charge in [-0.2, -0.15) is 12.4 Å². The van der Waals surface area contributed by atoms with Crippen molar-refractivity contribution in [3.05, 3.63) is 157 Å². The molecule has 4 aromatic carbocycles. The molecular weight excluding hydrogens is 628 g/mol. The fraction of sp³-hybridized carbons (Fsp3) is 0.150. The average Bonchev–Trinajstić information content (AvgIpc) is 3.89. The molecule has 0 saturated carbocycles. The molecule has 8 aromatic rings. The number of nitrogens with zero attached hydrogens (tertiary/aromatic N) is 6. The molecule has 6 nitrogen and oxygen atoms in total. The molecule has 0 fully saturated rings. The summed E-state index contributed by atoms with van der Waals surface area (Å²) in [6.07, 6.45) is 8.21. The number of hydrogen-bond acceptors (Lipinski definition) is 2. The average molecular weight is 662 g/mol. The van der Waals surface area contributed by atoms with Crippen molar-refractivity contribution in [1.82, 2.24) is 29.1 Å². The fourth-order valence-electron chi connectivity index (χ4n) is 6.55. The zero-order chi connectivity index (χ0) is 31.5. The van der Waals surface area contributed by atoms with Gasteiger partial charge in [-0.15, -0.1) is 11.4 Å². The summed E-state index contributed by atoms with van der Waals surface area (Å²) in [6, 6.07) is 37.5. The number of benzene rings is 4. The predicted molar refractivity (Wildman–Crippen MR) is 185 cm³/mol. The minimum atomic E-state index is -0.470. The van der Waals surface area contributed by atoms with E-state index in [0.29, 0.717) is 0 Å². The van der Waals surface area contributed by atoms with Gasteiger partial charge < -0.3 is 9.97 Å². The Morgan fingerprint density at radius 2 is 0.851 bits per heavy atom. The fourth-order valence-corrected chi connectivity index (χ4v) is 6.55. The summed E-state index contributed by atoms with van der Waals surface area (Å²) < 4.78 is 4.33. The Morgan fingerprint density at radius 1 is 0.489 bits per heavy atom. The molecule has 4 heterocycles. The molecule has 0 spiro atoms. The van der Waals surface area contributed by atoms with Crippen LogP contribution in [0.4, 0.5) is 0 Å². The SMILES string of the molecule is CC(C)(c1cn(-c2ccccc2)c(-c2nc(C(C)(C)c3[n-]cc4ccccc34)cn2-c2ccccc2)n1)c1[n-]cc2ccccc12.[Cu+2]. The Labute approximate surface area is 285 Å². The molecule has 0 N–H and O–H groups in total. The number of fused-ring (bicyclic) bond motifs is 2. The van der Waals surface area contributed by atoms with E-state index >= 15 is 0 Å². The summed E-state index contributed by atoms with van der Waals surface area (Å²) in [7, 11) is 0. The van der Waals surface area contributed by atoms with Gasteiger partial charge in [-0.3, -0.25) is 9.13 Å². The van der Waals surface area contributed by atoms with E-state index in [9.17, 15) is 0 Å². The van der Waals surface area contributed by atoms with Crippen LogP contribution in [0.5, 0.6) is 0 Å². The van der Waals surface area contributed by atoms with Gasteiger partial charge in [-0.05, 0) is 45.8 Å². The standard InChI is InChI=1S/C40H34N6.Cu/c1-39(2,35-31-21-13-11-15-27(31)23-41-35)33-25-45(29-17-7-5-8-18-29)37(43-33)38-44-34(26-46(38)30-19-9-6-10-20-30)40(3,4)36-32-22-14-12-16-28(32)24-42-36;/h5-26H,1-4H3;/q-2;+2. The van der Waals surface area contributed by atoms with Crippen LogP contribution in [-0.4, -0.2) is 19.1 Å². The van der Waals surface area contributed by atoms with Gasteiger partial charge in [0.15, 0.2) is 11.6 Å². The first-order valence-corrected chi connectivity index (χ1v) is 15.6. The molecule has 235 valence electrons. The third kappa shape index (κ3) is 5.03. The van der Waals surface area contributed by atoms with Crippen molar-refractivity contribution in [3.63, 3.8) is 0 Å². The van der Waals surface area contributed by atoms with Gasteiger partial charge in [0.25, 0.3) is 0 Å². The predicted octanol–water partition coefficient (Wildman–Crippen LogP) is 8.60. The first-order valence-electron chi connectivity index (χ1n) is 15.6. The molecule has 0 atom stereocenters. The smallest absolute Gasteiger partial charge is 0.666 e. The summed E-state index contributed by atoms with van der Waals surface area (Å²) in [5.74, 6) is 1.52. The number of hydrogen-bond donors (Lipinski definition) is 0. The van der Waals surface area contributed by atoms with Gasteiger partial charge >= 0.3 is 17.1 Å². The van der Waals surface area contributed by atoms with Crippen LogP contribution in [0.15, 0.2) is 134 Å². The summed E-state index contributed by atoms with van der Waals surface area (Å²) in [5, 5.41) is 4.56. The van der Waals surface area contributed by atoms with E-state index in [0.717, 1.165) is 67.3 Å². The molecule has 0 aliphatic rings. The Kier molecular flexibility index (Phi) is 7.54. The van der Waals surface area contributed by atoms with Crippen LogP contribution in [0.25, 0.3) is 44.6 Å². The van der Waals surface area contributed by atoms with E-state index in [-0.39, 0.29) is 17.1 Å². The number of aromatic nitrogens is 6. The minimum Gasteiger partial charge on any atom is -0.666 e. The quantitative estimate of drug-likeness (QED) is 0.161. The second-order valence-electron chi connectivity index (χ2n) is 12.9. The van der Waals surface area contributed by atoms with Crippen LogP contribution in [0, 0.1) is 0 Å². The molecule has 0 unspecified atom stereocenters. The maximum absolute atomic E-state index is 5.41. The zero-order valence-corrected chi connectivity index (χ0v) is 27.6. The van der Waals surface area contributed by atoms with Crippen molar-refractivity contribution in [2.45, 2.75) is 38.5 Å². The van der Waals surface area contributed by atoms with E-state index in [1.165, 1.54) is 0 Å². The van der Waals surface area contributed by atoms with E-state index < -0.39 is 10.8 Å². The van der Waals surface area contributed by atoms with Crippen LogP contribution < -0.4 is 9.97 Å². The second kappa shape index (κ2) is 11.6. The van der Waals surface area contributed by atoms with Gasteiger partial charge in [0.2, 0.25) is 0 Å². The van der Waals surface area contributed by atoms with E-state index in [2.05, 4.69) is 146 Å². The summed E-state index contributed by atoms with van der Waals surface area (Å²) >= 11 is 0. The Balaban J connectivity index is 0.00000351. The van der Waals surface area contributed by atoms with Crippen molar-refractivity contribution < 1.29 is 17.1 Å². The van der Waals surface area contributed by atoms with Crippen molar-refractivity contribution >= 4 is 21.5 Å². The maximum Gasteiger partial charge on any atom is 2.00 e. The van der Waals surface area contributed by atoms with E-state index in [1.807, 2.05) is 24.5 Å². The molecule has 0 saturated heterocycles. The first kappa shape index (κ1) is 30.5. The second-order valence-corrected chi connectivity index (χ2v) is 12.9. The molecule has 0 amide bonds. The minimum absolute atomic E-state index is 0. The third-order valence-corrected chi connectivity index (χ3v) is 9.24. The molecule has 4 aromatic heterocycles. The Bertz CT molecular complexity index is 2150. The Hall–Kier alpha value is -5.10. The zero-order valence-electron chi connectivity index (χ0n) is 26.7. The number of rotatable bonds is 7. The molecule has 8 rings (SSSR count). The van der Waals surface area contributed by atoms with Gasteiger partial charge in [0.05, 0.1) is 11.4 Å². The molecule has 0 bridgehead atoms. The maximum atomic E-state index is 5.41. The van der Waals surface area contributed by atoms with Crippen molar-refractivity contribution in [3.8, 4) is 23.0 Å². The first-order chi connectivity index (χ1) is 22.3. The number of para-hydroxylation sites is 2. The molecule has 0 aliphatic carbocycles. The van der Waals surface area contributed by atoms with Crippen LogP contribution in [-0.2, 0) is 27.9 Å². The van der Waals surface area contributed by atoms with Crippen LogP contribution in [0.1, 0.15) is 50.5 Å². The normalized spacial score (nSPS) is 12.1. The summed E-state index contributed by atoms with van der Waals surface area (Å²) in [6.45, 7) is 8.81. The topological polar surface area (TPSA) is 63.8 Å². The van der Waals surface area contributed by atoms with Crippen molar-refractivity contribution in [2.75, 3.05) is 0 Å². The Morgan fingerprint density at radius 3 is 1.26 bits per heavy atom. The molecule has 7 heteroatoms. The molecular formula is C40H34CuN6. The van der Waals surface area contributed by atoms with Gasteiger partial charge in [-0.1, -0.05) is 113 Å². The molecule has 1 radical (unpaired) electrons. The van der Waals surface area contributed by atoms with Gasteiger partial charge in [0, 0.05) is 34.6 Å². The van der Waals surface area contributed by atoms with Crippen LogP contribution in [0.3, 0.4) is 0 Å². The van der Waals surface area contributed by atoms with E-state index in [4.69, 9.17) is 19.9 Å². The monoisotopic (exact) mass is 661 g/mol. The van der Waals surface area contributed by atoms with Crippen molar-refractivity contribution in [2.24, 2.45) is 0 Å². The summed E-state index contributed by atoms with van der Waals surface area (Å²) in [4.78, 5) is 20.6. The van der Waals surface area contributed by atoms with Gasteiger partial charge in [0.1, 0.15) is 0 Å². The number of imidazole rings is 2. The molecule has 47 heavy (non-hydrogen) atoms.